The quantitative estimate of drug-likeness (QED) is 0.722. The number of hydrogen-bond donors (Lipinski definition) is 0. The molecule has 0 spiro atoms. The van der Waals surface area contributed by atoms with Crippen LogP contribution in [0, 0.1) is 11.3 Å². The molecule has 0 N–H and O–H groups in total. The van der Waals surface area contributed by atoms with Gasteiger partial charge in [-0.05, 0) is 22.0 Å². The third-order valence-electron chi connectivity index (χ3n) is 3.04. The predicted molar refractivity (Wildman–Crippen MR) is 79.6 cm³/mol. The summed E-state index contributed by atoms with van der Waals surface area (Å²) in [6, 6.07) is 13.7. The van der Waals surface area contributed by atoms with Crippen molar-refractivity contribution in [1.29, 1.82) is 5.26 Å². The van der Waals surface area contributed by atoms with Gasteiger partial charge in [0.25, 0.3) is 0 Å². The van der Waals surface area contributed by atoms with E-state index in [1.807, 2.05) is 42.6 Å². The number of aromatic nitrogens is 2. The van der Waals surface area contributed by atoms with Crippen LogP contribution in [0.1, 0.15) is 5.56 Å². The maximum Gasteiger partial charge on any atom is 0.147 e. The molecule has 20 heavy (non-hydrogen) atoms. The van der Waals surface area contributed by atoms with Gasteiger partial charge in [-0.2, -0.15) is 10.4 Å². The van der Waals surface area contributed by atoms with Gasteiger partial charge in [-0.3, -0.25) is 0 Å². The van der Waals surface area contributed by atoms with Crippen LogP contribution >= 0.6 is 15.9 Å². The summed E-state index contributed by atoms with van der Waals surface area (Å²) in [7, 11) is 1.58. The lowest BCUT2D eigenvalue weighted by atomic mass is 10.1. The van der Waals surface area contributed by atoms with Gasteiger partial charge < -0.3 is 4.74 Å². The van der Waals surface area contributed by atoms with E-state index in [-0.39, 0.29) is 0 Å². The summed E-state index contributed by atoms with van der Waals surface area (Å²) < 4.78 is 7.87. The van der Waals surface area contributed by atoms with Crippen molar-refractivity contribution in [3.63, 3.8) is 0 Å². The van der Waals surface area contributed by atoms with Crippen molar-refractivity contribution in [2.24, 2.45) is 0 Å². The Morgan fingerprint density at radius 2 is 2.05 bits per heavy atom. The van der Waals surface area contributed by atoms with Crippen LogP contribution in [0.15, 0.2) is 47.1 Å². The summed E-state index contributed by atoms with van der Waals surface area (Å²) in [6.07, 6.45) is 1.81. The zero-order valence-electron chi connectivity index (χ0n) is 10.7. The van der Waals surface area contributed by atoms with Crippen LogP contribution in [-0.4, -0.2) is 16.7 Å². The number of hydrogen-bond acceptors (Lipinski definition) is 3. The van der Waals surface area contributed by atoms with E-state index < -0.39 is 0 Å². The van der Waals surface area contributed by atoms with Gasteiger partial charge in [-0.25, -0.2) is 4.52 Å². The Labute approximate surface area is 124 Å². The molecule has 0 aliphatic rings. The van der Waals surface area contributed by atoms with Crippen molar-refractivity contribution < 1.29 is 4.74 Å². The molecule has 4 nitrogen and oxygen atoms in total. The Hall–Kier alpha value is -2.32. The van der Waals surface area contributed by atoms with Crippen molar-refractivity contribution in [2.75, 3.05) is 7.11 Å². The van der Waals surface area contributed by atoms with Crippen molar-refractivity contribution in [1.82, 2.24) is 9.61 Å². The van der Waals surface area contributed by atoms with E-state index in [4.69, 9.17) is 4.74 Å². The number of halogens is 1. The number of ether oxygens (including phenoxy) is 1. The van der Waals surface area contributed by atoms with E-state index in [9.17, 15) is 5.26 Å². The van der Waals surface area contributed by atoms with Crippen LogP contribution in [0.4, 0.5) is 0 Å². The molecule has 2 heterocycles. The average Bonchev–Trinajstić information content (AvgIpc) is 2.85. The standard InChI is InChI=1S/C15H10BrN3O/c1-20-13-7-11(16)9-19-15(13)12(8-17)14(18-19)10-5-3-2-4-6-10/h2-7,9H,1H3. The normalized spacial score (nSPS) is 10.4. The lowest BCUT2D eigenvalue weighted by Gasteiger charge is -2.03. The summed E-state index contributed by atoms with van der Waals surface area (Å²) in [5, 5.41) is 14.0. The topological polar surface area (TPSA) is 50.3 Å². The molecule has 0 radical (unpaired) electrons. The number of fused-ring (bicyclic) bond motifs is 1. The number of nitriles is 1. The van der Waals surface area contributed by atoms with Crippen molar-refractivity contribution in [3.8, 4) is 23.1 Å². The highest BCUT2D eigenvalue weighted by molar-refractivity contribution is 9.10. The fourth-order valence-electron chi connectivity index (χ4n) is 2.17. The second-order valence-corrected chi connectivity index (χ2v) is 5.14. The van der Waals surface area contributed by atoms with Crippen molar-refractivity contribution >= 4 is 21.4 Å². The summed E-state index contributed by atoms with van der Waals surface area (Å²) >= 11 is 3.41. The molecular weight excluding hydrogens is 318 g/mol. The first-order valence-electron chi connectivity index (χ1n) is 5.96. The molecule has 0 amide bonds. The molecular formula is C15H10BrN3O. The molecule has 0 fully saturated rings. The first kappa shape index (κ1) is 12.7. The lowest BCUT2D eigenvalue weighted by molar-refractivity contribution is 0.417. The third kappa shape index (κ3) is 1.95. The molecule has 0 aliphatic heterocycles. The minimum atomic E-state index is 0.514. The maximum atomic E-state index is 9.49. The Morgan fingerprint density at radius 3 is 2.70 bits per heavy atom. The SMILES string of the molecule is COc1cc(Br)cn2nc(-c3ccccc3)c(C#N)c12. The van der Waals surface area contributed by atoms with Gasteiger partial charge in [-0.1, -0.05) is 30.3 Å². The Morgan fingerprint density at radius 1 is 1.30 bits per heavy atom. The molecule has 1 aromatic carbocycles. The third-order valence-corrected chi connectivity index (χ3v) is 3.47. The Kier molecular flexibility index (Phi) is 3.17. The second-order valence-electron chi connectivity index (χ2n) is 4.22. The minimum Gasteiger partial charge on any atom is -0.494 e. The summed E-state index contributed by atoms with van der Waals surface area (Å²) in [5.74, 6) is 0.616. The van der Waals surface area contributed by atoms with E-state index >= 15 is 0 Å². The molecule has 5 heteroatoms. The monoisotopic (exact) mass is 327 g/mol. The van der Waals surface area contributed by atoms with E-state index in [1.165, 1.54) is 0 Å². The molecule has 98 valence electrons. The van der Waals surface area contributed by atoms with Crippen LogP contribution in [-0.2, 0) is 0 Å². The fourth-order valence-corrected chi connectivity index (χ4v) is 2.57. The molecule has 0 bridgehead atoms. The molecule has 2 aromatic heterocycles. The molecule has 0 unspecified atom stereocenters. The van der Waals surface area contributed by atoms with Crippen LogP contribution in [0.2, 0.25) is 0 Å². The second kappa shape index (κ2) is 4.99. The molecule has 0 saturated heterocycles. The van der Waals surface area contributed by atoms with Gasteiger partial charge in [0, 0.05) is 16.2 Å². The van der Waals surface area contributed by atoms with E-state index in [2.05, 4.69) is 27.1 Å². The first-order valence-corrected chi connectivity index (χ1v) is 6.75. The van der Waals surface area contributed by atoms with Gasteiger partial charge in [0.15, 0.2) is 0 Å². The zero-order chi connectivity index (χ0) is 14.1. The highest BCUT2D eigenvalue weighted by Gasteiger charge is 2.18. The summed E-state index contributed by atoms with van der Waals surface area (Å²) in [5.41, 5.74) is 2.76. The molecule has 0 atom stereocenters. The van der Waals surface area contributed by atoms with Gasteiger partial charge >= 0.3 is 0 Å². The fraction of sp³-hybridized carbons (Fsp3) is 0.0667. The number of benzene rings is 1. The highest BCUT2D eigenvalue weighted by atomic mass is 79.9. The van der Waals surface area contributed by atoms with Crippen molar-refractivity contribution in [3.05, 3.63) is 52.6 Å². The lowest BCUT2D eigenvalue weighted by Crippen LogP contribution is -1.92. The van der Waals surface area contributed by atoms with Crippen molar-refractivity contribution in [2.45, 2.75) is 0 Å². The van der Waals surface area contributed by atoms with Gasteiger partial charge in [0.2, 0.25) is 0 Å². The Bertz CT molecular complexity index is 818. The number of pyridine rings is 1. The maximum absolute atomic E-state index is 9.49. The average molecular weight is 328 g/mol. The highest BCUT2D eigenvalue weighted by Crippen LogP contribution is 2.32. The number of rotatable bonds is 2. The first-order chi connectivity index (χ1) is 9.74. The molecule has 3 aromatic rings. The van der Waals surface area contributed by atoms with Crippen LogP contribution in [0.5, 0.6) is 5.75 Å². The molecule has 0 aliphatic carbocycles. The number of nitrogens with zero attached hydrogens (tertiary/aromatic N) is 3. The van der Waals surface area contributed by atoms with E-state index in [0.29, 0.717) is 22.5 Å². The molecule has 0 saturated carbocycles. The Balaban J connectivity index is 2.38. The zero-order valence-corrected chi connectivity index (χ0v) is 12.3. The van der Waals surface area contributed by atoms with Gasteiger partial charge in [0.1, 0.15) is 28.6 Å². The smallest absolute Gasteiger partial charge is 0.147 e. The van der Waals surface area contributed by atoms with Crippen LogP contribution in [0.25, 0.3) is 16.8 Å². The molecule has 3 rings (SSSR count). The van der Waals surface area contributed by atoms with Gasteiger partial charge in [-0.15, -0.1) is 0 Å². The van der Waals surface area contributed by atoms with Crippen LogP contribution < -0.4 is 4.74 Å². The summed E-state index contributed by atoms with van der Waals surface area (Å²) in [4.78, 5) is 0. The minimum absolute atomic E-state index is 0.514. The van der Waals surface area contributed by atoms with E-state index in [0.717, 1.165) is 10.0 Å². The predicted octanol–water partition coefficient (Wildman–Crippen LogP) is 3.64. The van der Waals surface area contributed by atoms with E-state index in [1.54, 1.807) is 11.6 Å². The summed E-state index contributed by atoms with van der Waals surface area (Å²) in [6.45, 7) is 0. The van der Waals surface area contributed by atoms with Crippen LogP contribution in [0.3, 0.4) is 0 Å². The largest absolute Gasteiger partial charge is 0.494 e. The van der Waals surface area contributed by atoms with Gasteiger partial charge in [0.05, 0.1) is 7.11 Å². The number of methoxy groups -OCH3 is 1.